The van der Waals surface area contributed by atoms with Crippen molar-refractivity contribution in [1.29, 1.82) is 0 Å². The smallest absolute Gasteiger partial charge is 0.412 e. The lowest BCUT2D eigenvalue weighted by atomic mass is 10.0. The number of hydrogen-bond donors (Lipinski definition) is 1. The van der Waals surface area contributed by atoms with Crippen LogP contribution in [0, 0.1) is 15.9 Å². The summed E-state index contributed by atoms with van der Waals surface area (Å²) in [5.74, 6) is -3.70. The number of alkyl halides is 5. The van der Waals surface area contributed by atoms with E-state index in [-0.39, 0.29) is 0 Å². The minimum atomic E-state index is -5.04. The van der Waals surface area contributed by atoms with Gasteiger partial charge in [0.15, 0.2) is 17.5 Å². The van der Waals surface area contributed by atoms with Crippen LogP contribution in [0.25, 0.3) is 0 Å². The van der Waals surface area contributed by atoms with Gasteiger partial charge in [-0.1, -0.05) is 12.1 Å². The van der Waals surface area contributed by atoms with Crippen molar-refractivity contribution in [2.45, 2.75) is 18.8 Å². The molecule has 0 fully saturated rings. The van der Waals surface area contributed by atoms with Crippen molar-refractivity contribution < 1.29 is 45.5 Å². The van der Waals surface area contributed by atoms with Crippen LogP contribution in [0.3, 0.4) is 0 Å². The summed E-state index contributed by atoms with van der Waals surface area (Å²) in [5.41, 5.74) is -2.52. The van der Waals surface area contributed by atoms with Gasteiger partial charge in [-0.05, 0) is 17.7 Å². The highest BCUT2D eigenvalue weighted by molar-refractivity contribution is 5.99. The Morgan fingerprint density at radius 2 is 1.73 bits per heavy atom. The van der Waals surface area contributed by atoms with Gasteiger partial charge < -0.3 is 14.8 Å². The number of methoxy groups -OCH3 is 1. The molecule has 0 aliphatic rings. The highest BCUT2D eigenvalue weighted by atomic mass is 19.4. The van der Waals surface area contributed by atoms with E-state index in [4.69, 9.17) is 4.74 Å². The SMILES string of the molecule is COc1cc(C(=O)NC(c2ccc(F)cc2)C(F)(F)F)c([N+](=O)[O-])cc1OC(F)F. The van der Waals surface area contributed by atoms with Gasteiger partial charge in [-0.25, -0.2) is 4.39 Å². The van der Waals surface area contributed by atoms with Gasteiger partial charge in [-0.3, -0.25) is 14.9 Å². The van der Waals surface area contributed by atoms with Crippen LogP contribution in [-0.2, 0) is 0 Å². The molecular weight excluding hydrogens is 426 g/mol. The number of nitro groups is 1. The van der Waals surface area contributed by atoms with E-state index < -0.39 is 63.8 Å². The second kappa shape index (κ2) is 8.88. The Hall–Kier alpha value is -3.51. The Morgan fingerprint density at radius 1 is 1.13 bits per heavy atom. The summed E-state index contributed by atoms with van der Waals surface area (Å²) < 4.78 is 87.0. The Morgan fingerprint density at radius 3 is 2.20 bits per heavy atom. The van der Waals surface area contributed by atoms with Gasteiger partial charge in [0.25, 0.3) is 11.6 Å². The Kier molecular flexibility index (Phi) is 6.74. The van der Waals surface area contributed by atoms with Crippen molar-refractivity contribution in [3.05, 3.63) is 63.5 Å². The van der Waals surface area contributed by atoms with Gasteiger partial charge in [0, 0.05) is 6.07 Å². The molecule has 0 aromatic heterocycles. The van der Waals surface area contributed by atoms with Crippen LogP contribution in [-0.4, -0.2) is 30.7 Å². The van der Waals surface area contributed by atoms with Crippen molar-refractivity contribution in [2.24, 2.45) is 0 Å². The molecule has 0 aliphatic heterocycles. The number of hydrogen-bond acceptors (Lipinski definition) is 5. The summed E-state index contributed by atoms with van der Waals surface area (Å²) in [6, 6.07) is 1.44. The predicted octanol–water partition coefficient (Wildman–Crippen LogP) is 4.38. The summed E-state index contributed by atoms with van der Waals surface area (Å²) in [7, 11) is 0.970. The maximum absolute atomic E-state index is 13.4. The molecule has 30 heavy (non-hydrogen) atoms. The molecule has 0 bridgehead atoms. The molecule has 0 aliphatic carbocycles. The third kappa shape index (κ3) is 5.30. The molecule has 1 unspecified atom stereocenters. The quantitative estimate of drug-likeness (QED) is 0.394. The van der Waals surface area contributed by atoms with Gasteiger partial charge in [0.05, 0.1) is 18.1 Å². The van der Waals surface area contributed by atoms with E-state index in [0.29, 0.717) is 12.1 Å². The number of benzene rings is 2. The molecule has 0 saturated heterocycles. The van der Waals surface area contributed by atoms with Crippen molar-refractivity contribution in [3.63, 3.8) is 0 Å². The maximum atomic E-state index is 13.4. The van der Waals surface area contributed by atoms with Crippen LogP contribution in [0.5, 0.6) is 11.5 Å². The molecule has 7 nitrogen and oxygen atoms in total. The third-order valence-electron chi connectivity index (χ3n) is 3.75. The Bertz CT molecular complexity index is 933. The molecule has 162 valence electrons. The van der Waals surface area contributed by atoms with Crippen molar-refractivity contribution in [1.82, 2.24) is 5.32 Å². The molecule has 0 heterocycles. The van der Waals surface area contributed by atoms with Gasteiger partial charge in [-0.15, -0.1) is 0 Å². The molecule has 1 N–H and O–H groups in total. The topological polar surface area (TPSA) is 90.7 Å². The van der Waals surface area contributed by atoms with Gasteiger partial charge in [0.1, 0.15) is 11.4 Å². The van der Waals surface area contributed by atoms with E-state index in [1.165, 1.54) is 0 Å². The van der Waals surface area contributed by atoms with E-state index >= 15 is 0 Å². The molecule has 2 aromatic carbocycles. The summed E-state index contributed by atoms with van der Waals surface area (Å²) >= 11 is 0. The number of rotatable bonds is 7. The Balaban J connectivity index is 2.49. The van der Waals surface area contributed by atoms with Crippen molar-refractivity contribution in [2.75, 3.05) is 7.11 Å². The zero-order chi connectivity index (χ0) is 22.6. The number of carbonyl (C=O) groups is 1. The number of halogens is 6. The lowest BCUT2D eigenvalue weighted by molar-refractivity contribution is -0.385. The van der Waals surface area contributed by atoms with Gasteiger partial charge in [0.2, 0.25) is 0 Å². The van der Waals surface area contributed by atoms with Crippen molar-refractivity contribution in [3.8, 4) is 11.5 Å². The summed E-state index contributed by atoms with van der Waals surface area (Å²) in [5, 5.41) is 12.8. The summed E-state index contributed by atoms with van der Waals surface area (Å²) in [6.07, 6.45) is -5.04. The van der Waals surface area contributed by atoms with Crippen molar-refractivity contribution >= 4 is 11.6 Å². The fourth-order valence-electron chi connectivity index (χ4n) is 2.45. The lowest BCUT2D eigenvalue weighted by Crippen LogP contribution is -2.38. The fraction of sp³-hybridized carbons (Fsp3) is 0.235. The zero-order valence-corrected chi connectivity index (χ0v) is 14.9. The largest absolute Gasteiger partial charge is 0.493 e. The standard InChI is InChI=1S/C17H12F6N2O5/c1-29-12-6-10(11(25(27)28)7-13(12)30-16(19)20)15(26)24-14(17(21,22)23)8-2-4-9(18)5-3-8/h2-7,14,16H,1H3,(H,24,26). The van der Waals surface area contributed by atoms with Crippen LogP contribution >= 0.6 is 0 Å². The minimum absolute atomic E-state index is 0.431. The number of amides is 1. The molecule has 13 heteroatoms. The first-order valence-electron chi connectivity index (χ1n) is 7.88. The molecule has 1 amide bonds. The average Bonchev–Trinajstić information content (AvgIpc) is 2.65. The molecule has 0 saturated carbocycles. The highest BCUT2D eigenvalue weighted by Crippen LogP contribution is 2.37. The minimum Gasteiger partial charge on any atom is -0.493 e. The van der Waals surface area contributed by atoms with Crippen LogP contribution in [0.2, 0.25) is 0 Å². The lowest BCUT2D eigenvalue weighted by Gasteiger charge is -2.22. The number of carbonyl (C=O) groups excluding carboxylic acids is 1. The third-order valence-corrected chi connectivity index (χ3v) is 3.75. The first-order chi connectivity index (χ1) is 13.9. The van der Waals surface area contributed by atoms with E-state index in [1.54, 1.807) is 5.32 Å². The summed E-state index contributed by atoms with van der Waals surface area (Å²) in [6.45, 7) is -3.38. The monoisotopic (exact) mass is 438 g/mol. The van der Waals surface area contributed by atoms with E-state index in [0.717, 1.165) is 31.4 Å². The van der Waals surface area contributed by atoms with Crippen LogP contribution in [0.15, 0.2) is 36.4 Å². The van der Waals surface area contributed by atoms with Gasteiger partial charge in [-0.2, -0.15) is 22.0 Å². The van der Waals surface area contributed by atoms with E-state index in [1.807, 2.05) is 0 Å². The normalized spacial score (nSPS) is 12.4. The molecular formula is C17H12F6N2O5. The predicted molar refractivity (Wildman–Crippen MR) is 88.9 cm³/mol. The van der Waals surface area contributed by atoms with Crippen LogP contribution < -0.4 is 14.8 Å². The molecule has 0 radical (unpaired) electrons. The first-order valence-corrected chi connectivity index (χ1v) is 7.88. The Labute approximate surface area is 164 Å². The van der Waals surface area contributed by atoms with Crippen LogP contribution in [0.4, 0.5) is 32.0 Å². The molecule has 0 spiro atoms. The van der Waals surface area contributed by atoms with Crippen LogP contribution in [0.1, 0.15) is 22.0 Å². The zero-order valence-electron chi connectivity index (χ0n) is 14.9. The maximum Gasteiger partial charge on any atom is 0.412 e. The second-order valence-corrected chi connectivity index (χ2v) is 5.66. The highest BCUT2D eigenvalue weighted by Gasteiger charge is 2.42. The van der Waals surface area contributed by atoms with E-state index in [2.05, 4.69) is 4.74 Å². The average molecular weight is 438 g/mol. The van der Waals surface area contributed by atoms with Gasteiger partial charge >= 0.3 is 12.8 Å². The molecule has 2 rings (SSSR count). The number of nitrogens with one attached hydrogen (secondary N) is 1. The number of ether oxygens (including phenoxy) is 2. The first kappa shape index (κ1) is 22.8. The fourth-order valence-corrected chi connectivity index (χ4v) is 2.45. The number of nitro benzene ring substituents is 1. The molecule has 1 atom stereocenters. The number of nitrogens with zero attached hydrogens (tertiary/aromatic N) is 1. The van der Waals surface area contributed by atoms with E-state index in [9.17, 15) is 41.3 Å². The second-order valence-electron chi connectivity index (χ2n) is 5.66. The molecule has 2 aromatic rings. The summed E-state index contributed by atoms with van der Waals surface area (Å²) in [4.78, 5) is 22.5.